The maximum Gasteiger partial charge on any atom is 0.0641 e. The molecule has 1 aliphatic carbocycles. The summed E-state index contributed by atoms with van der Waals surface area (Å²) >= 11 is 0. The molecule has 10 aromatic carbocycles. The number of hydrogen-bond donors (Lipinski definition) is 0. The lowest BCUT2D eigenvalue weighted by Gasteiger charge is -2.16. The average Bonchev–Trinajstić information content (AvgIpc) is 4.23. The zero-order valence-electron chi connectivity index (χ0n) is 38.7. The minimum atomic E-state index is 1.02. The van der Waals surface area contributed by atoms with Crippen molar-refractivity contribution in [2.24, 2.45) is 0 Å². The zero-order chi connectivity index (χ0) is 46.3. The van der Waals surface area contributed by atoms with E-state index in [1.807, 2.05) is 0 Å². The summed E-state index contributed by atoms with van der Waals surface area (Å²) in [5.41, 5.74) is 19.2. The minimum absolute atomic E-state index is 1.02. The van der Waals surface area contributed by atoms with Gasteiger partial charge in [0.15, 0.2) is 0 Å². The van der Waals surface area contributed by atoms with Crippen molar-refractivity contribution in [2.75, 3.05) is 0 Å². The number of nitrogens with zero attached hydrogens (tertiary/aromatic N) is 5. The molecule has 0 N–H and O–H groups in total. The lowest BCUT2D eigenvalue weighted by atomic mass is 10.0. The second-order valence-electron chi connectivity index (χ2n) is 19.2. The Morgan fingerprint density at radius 3 is 1.20 bits per heavy atom. The van der Waals surface area contributed by atoms with Gasteiger partial charge in [-0.15, -0.1) is 0 Å². The number of aromatic nitrogens is 5. The van der Waals surface area contributed by atoms with Crippen molar-refractivity contribution >= 4 is 104 Å². The molecule has 0 fully saturated rings. The first kappa shape index (κ1) is 38.6. The molecule has 0 bridgehead atoms. The smallest absolute Gasteiger partial charge is 0.0641 e. The van der Waals surface area contributed by atoms with Crippen LogP contribution in [-0.2, 0) is 6.42 Å². The van der Waals surface area contributed by atoms with Gasteiger partial charge in [-0.1, -0.05) is 146 Å². The molecule has 0 saturated heterocycles. The highest BCUT2D eigenvalue weighted by Crippen LogP contribution is 2.45. The Morgan fingerprint density at radius 2 is 0.662 bits per heavy atom. The first-order valence-electron chi connectivity index (χ1n) is 24.7. The third-order valence-corrected chi connectivity index (χ3v) is 15.5. The molecule has 5 aromatic heterocycles. The van der Waals surface area contributed by atoms with E-state index in [1.54, 1.807) is 0 Å². The van der Waals surface area contributed by atoms with Gasteiger partial charge in [-0.05, 0) is 104 Å². The predicted molar refractivity (Wildman–Crippen MR) is 298 cm³/mol. The van der Waals surface area contributed by atoms with E-state index in [4.69, 9.17) is 0 Å². The third kappa shape index (κ3) is 5.29. The van der Waals surface area contributed by atoms with Crippen LogP contribution in [0.3, 0.4) is 0 Å². The maximum absolute atomic E-state index is 2.52. The monoisotopic (exact) mass is 905 g/mol. The van der Waals surface area contributed by atoms with Gasteiger partial charge < -0.3 is 22.8 Å². The Morgan fingerprint density at radius 1 is 0.268 bits per heavy atom. The summed E-state index contributed by atoms with van der Waals surface area (Å²) in [6.07, 6.45) is 6.70. The number of benzene rings is 10. The second-order valence-corrected chi connectivity index (χ2v) is 19.2. The van der Waals surface area contributed by atoms with Crippen LogP contribution in [0.4, 0.5) is 0 Å². The van der Waals surface area contributed by atoms with E-state index in [0.29, 0.717) is 0 Å². The van der Waals surface area contributed by atoms with Gasteiger partial charge in [0.1, 0.15) is 0 Å². The SMILES string of the molecule is C1=Cc2c(n(-c3cccc(-n4c5ccccc5c5c4ccc4c6ccccc6n(-c6cccc(-n7c8ccccc8c8c7ccc7c9ccccc9n(-c9ccccc9)c78)c6)c45)c3)c3ccccc23)CC1. The molecule has 0 spiro atoms. The maximum atomic E-state index is 2.52. The van der Waals surface area contributed by atoms with Crippen LogP contribution in [0.2, 0.25) is 0 Å². The van der Waals surface area contributed by atoms with Crippen molar-refractivity contribution in [1.82, 2.24) is 22.8 Å². The highest BCUT2D eigenvalue weighted by atomic mass is 15.1. The summed E-state index contributed by atoms with van der Waals surface area (Å²) in [5, 5.41) is 11.2. The molecule has 0 radical (unpaired) electrons. The highest BCUT2D eigenvalue weighted by molar-refractivity contribution is 6.27. The van der Waals surface area contributed by atoms with Crippen LogP contribution < -0.4 is 0 Å². The number of fused-ring (bicyclic) bond motifs is 17. The summed E-state index contributed by atoms with van der Waals surface area (Å²) in [6, 6.07) is 83.1. The van der Waals surface area contributed by atoms with Gasteiger partial charge in [0.25, 0.3) is 0 Å². The van der Waals surface area contributed by atoms with Gasteiger partial charge in [0.2, 0.25) is 0 Å². The van der Waals surface area contributed by atoms with E-state index in [-0.39, 0.29) is 0 Å². The predicted octanol–water partition coefficient (Wildman–Crippen LogP) is 17.0. The van der Waals surface area contributed by atoms with Crippen LogP contribution >= 0.6 is 0 Å². The fourth-order valence-electron chi connectivity index (χ4n) is 12.7. The standard InChI is InChI=1S/C66H43N5/c1-2-18-42(19-3-1)70-57-32-12-6-26-49(57)51-36-38-61-63(65(51)70)53-28-8-14-34-59(53)69(61)45-22-17-23-46(41-45)71-58-33-13-7-27-50(58)52-37-39-62-64(66(52)71)54-29-9-15-35-60(54)68(62)44-21-16-20-43(40-44)67-55-30-10-4-24-47(55)48-25-5-11-31-56(48)67/h1-10,12-30,32-41H,11,31H2. The molecule has 5 nitrogen and oxygen atoms in total. The largest absolute Gasteiger partial charge is 0.313 e. The van der Waals surface area contributed by atoms with Crippen molar-refractivity contribution in [1.29, 1.82) is 0 Å². The van der Waals surface area contributed by atoms with Crippen LogP contribution in [0.1, 0.15) is 17.7 Å². The minimum Gasteiger partial charge on any atom is -0.313 e. The topological polar surface area (TPSA) is 24.6 Å². The molecule has 16 rings (SSSR count). The molecule has 0 aliphatic heterocycles. The van der Waals surface area contributed by atoms with E-state index < -0.39 is 0 Å². The normalized spacial score (nSPS) is 12.9. The van der Waals surface area contributed by atoms with Crippen molar-refractivity contribution < 1.29 is 0 Å². The highest BCUT2D eigenvalue weighted by Gasteiger charge is 2.25. The molecular formula is C66H43N5. The number of rotatable bonds is 5. The summed E-state index contributed by atoms with van der Waals surface area (Å²) in [7, 11) is 0. The van der Waals surface area contributed by atoms with Crippen LogP contribution in [-0.4, -0.2) is 22.8 Å². The molecule has 71 heavy (non-hydrogen) atoms. The summed E-state index contributed by atoms with van der Waals surface area (Å²) in [5.74, 6) is 0. The van der Waals surface area contributed by atoms with Crippen LogP contribution in [0.25, 0.3) is 133 Å². The Labute approximate surface area is 408 Å². The van der Waals surface area contributed by atoms with Gasteiger partial charge in [-0.3, -0.25) is 0 Å². The first-order chi connectivity index (χ1) is 35.3. The van der Waals surface area contributed by atoms with E-state index >= 15 is 0 Å². The molecule has 0 saturated carbocycles. The van der Waals surface area contributed by atoms with Crippen LogP contribution in [0.5, 0.6) is 0 Å². The third-order valence-electron chi connectivity index (χ3n) is 15.5. The average molecular weight is 906 g/mol. The summed E-state index contributed by atoms with van der Waals surface area (Å²) < 4.78 is 12.4. The first-order valence-corrected chi connectivity index (χ1v) is 24.7. The molecule has 0 amide bonds. The number of hydrogen-bond acceptors (Lipinski definition) is 0. The lowest BCUT2D eigenvalue weighted by molar-refractivity contribution is 0.888. The van der Waals surface area contributed by atoms with Crippen LogP contribution in [0, 0.1) is 0 Å². The van der Waals surface area contributed by atoms with Gasteiger partial charge in [0, 0.05) is 88.2 Å². The van der Waals surface area contributed by atoms with Crippen molar-refractivity contribution in [3.05, 3.63) is 242 Å². The zero-order valence-corrected chi connectivity index (χ0v) is 38.7. The number of allylic oxidation sites excluding steroid dienone is 1. The van der Waals surface area contributed by atoms with Crippen molar-refractivity contribution in [3.8, 4) is 28.4 Å². The Hall–Kier alpha value is -9.32. The van der Waals surface area contributed by atoms with Crippen molar-refractivity contribution in [2.45, 2.75) is 12.8 Å². The van der Waals surface area contributed by atoms with E-state index in [2.05, 4.69) is 259 Å². The van der Waals surface area contributed by atoms with E-state index in [1.165, 1.54) is 115 Å². The molecule has 332 valence electrons. The second kappa shape index (κ2) is 14.6. The van der Waals surface area contributed by atoms with E-state index in [9.17, 15) is 0 Å². The fourth-order valence-corrected chi connectivity index (χ4v) is 12.7. The molecule has 0 unspecified atom stereocenters. The molecule has 5 heteroatoms. The van der Waals surface area contributed by atoms with Crippen molar-refractivity contribution in [3.63, 3.8) is 0 Å². The molecule has 15 aromatic rings. The van der Waals surface area contributed by atoms with Crippen LogP contribution in [0.15, 0.2) is 231 Å². The Bertz CT molecular complexity index is 4760. The Kier molecular flexibility index (Phi) is 7.94. The van der Waals surface area contributed by atoms with Gasteiger partial charge in [0.05, 0.1) is 49.7 Å². The molecular weight excluding hydrogens is 863 g/mol. The van der Waals surface area contributed by atoms with Gasteiger partial charge >= 0.3 is 0 Å². The van der Waals surface area contributed by atoms with Gasteiger partial charge in [-0.2, -0.15) is 0 Å². The Balaban J connectivity index is 0.945. The van der Waals surface area contributed by atoms with Gasteiger partial charge in [-0.25, -0.2) is 0 Å². The summed E-state index contributed by atoms with van der Waals surface area (Å²) in [4.78, 5) is 0. The molecule has 0 atom stereocenters. The number of para-hydroxylation sites is 6. The summed E-state index contributed by atoms with van der Waals surface area (Å²) in [6.45, 7) is 0. The molecule has 1 aliphatic rings. The fraction of sp³-hybridized carbons (Fsp3) is 0.0303. The lowest BCUT2D eigenvalue weighted by Crippen LogP contribution is -2.04. The van der Waals surface area contributed by atoms with E-state index in [0.717, 1.165) is 35.6 Å². The molecule has 5 heterocycles. The quantitative estimate of drug-likeness (QED) is 0.164.